The first-order valence-electron chi connectivity index (χ1n) is 6.19. The second kappa shape index (κ2) is 5.77. The molecule has 0 aromatic carbocycles. The molecule has 0 atom stereocenters. The van der Waals surface area contributed by atoms with Gasteiger partial charge in [0.15, 0.2) is 0 Å². The van der Waals surface area contributed by atoms with Gasteiger partial charge in [0, 0.05) is 12.6 Å². The van der Waals surface area contributed by atoms with E-state index in [4.69, 9.17) is 0 Å². The Morgan fingerprint density at radius 3 is 3.06 bits per heavy atom. The van der Waals surface area contributed by atoms with Crippen molar-refractivity contribution in [2.75, 3.05) is 13.1 Å². The maximum atomic E-state index is 11.7. The molecular weight excluding hydrogens is 214 g/mol. The van der Waals surface area contributed by atoms with Crippen molar-refractivity contribution in [2.24, 2.45) is 5.92 Å². The van der Waals surface area contributed by atoms with E-state index in [0.29, 0.717) is 18.9 Å². The van der Waals surface area contributed by atoms with Gasteiger partial charge in [-0.1, -0.05) is 13.0 Å². The second-order valence-electron chi connectivity index (χ2n) is 4.47. The summed E-state index contributed by atoms with van der Waals surface area (Å²) >= 11 is 0. The number of nitrogens with zero attached hydrogens (tertiary/aromatic N) is 1. The Bertz CT molecular complexity index is 388. The van der Waals surface area contributed by atoms with Crippen molar-refractivity contribution in [3.05, 3.63) is 29.6 Å². The highest BCUT2D eigenvalue weighted by molar-refractivity contribution is 5.76. The third-order valence-electron chi connectivity index (χ3n) is 3.16. The van der Waals surface area contributed by atoms with Crippen molar-refractivity contribution >= 4 is 5.91 Å². The van der Waals surface area contributed by atoms with E-state index in [9.17, 15) is 4.79 Å². The smallest absolute Gasteiger partial charge is 0.220 e. The Morgan fingerprint density at radius 1 is 1.59 bits per heavy atom. The van der Waals surface area contributed by atoms with Crippen molar-refractivity contribution in [1.29, 1.82) is 0 Å². The van der Waals surface area contributed by atoms with E-state index in [1.54, 1.807) is 6.20 Å². The van der Waals surface area contributed by atoms with E-state index in [1.165, 1.54) is 5.56 Å². The second-order valence-corrected chi connectivity index (χ2v) is 4.47. The first-order chi connectivity index (χ1) is 8.29. The van der Waals surface area contributed by atoms with Gasteiger partial charge in [0.1, 0.15) is 0 Å². The standard InChI is InChI=1S/C13H19N3O/c1-2-11-4-3-5-15-12(11)9-16-13(17)6-10-7-14-8-10/h3-5,10,14H,2,6-9H2,1H3,(H,16,17). The molecule has 2 heterocycles. The van der Waals surface area contributed by atoms with Crippen LogP contribution in [0.3, 0.4) is 0 Å². The Kier molecular flexibility index (Phi) is 4.09. The highest BCUT2D eigenvalue weighted by atomic mass is 16.1. The largest absolute Gasteiger partial charge is 0.350 e. The van der Waals surface area contributed by atoms with Gasteiger partial charge in [-0.3, -0.25) is 9.78 Å². The number of aryl methyl sites for hydroxylation is 1. The number of pyridine rings is 1. The van der Waals surface area contributed by atoms with Crippen LogP contribution in [0.1, 0.15) is 24.6 Å². The quantitative estimate of drug-likeness (QED) is 0.793. The summed E-state index contributed by atoms with van der Waals surface area (Å²) in [4.78, 5) is 16.0. The summed E-state index contributed by atoms with van der Waals surface area (Å²) in [6, 6.07) is 3.99. The summed E-state index contributed by atoms with van der Waals surface area (Å²) in [5.74, 6) is 0.647. The zero-order valence-electron chi connectivity index (χ0n) is 10.2. The molecular formula is C13H19N3O. The summed E-state index contributed by atoms with van der Waals surface area (Å²) in [5, 5.41) is 6.11. The van der Waals surface area contributed by atoms with E-state index >= 15 is 0 Å². The van der Waals surface area contributed by atoms with Crippen molar-refractivity contribution in [3.63, 3.8) is 0 Å². The molecule has 1 amide bonds. The van der Waals surface area contributed by atoms with E-state index in [0.717, 1.165) is 25.2 Å². The number of rotatable bonds is 5. The number of nitrogens with one attached hydrogen (secondary N) is 2. The van der Waals surface area contributed by atoms with Gasteiger partial charge < -0.3 is 10.6 Å². The van der Waals surface area contributed by atoms with E-state index < -0.39 is 0 Å². The summed E-state index contributed by atoms with van der Waals surface area (Å²) in [6.45, 7) is 4.58. The third-order valence-corrected chi connectivity index (χ3v) is 3.16. The molecule has 1 fully saturated rings. The summed E-state index contributed by atoms with van der Waals surface area (Å²) < 4.78 is 0. The normalized spacial score (nSPS) is 15.4. The van der Waals surface area contributed by atoms with Crippen LogP contribution in [0.15, 0.2) is 18.3 Å². The molecule has 0 spiro atoms. The number of hydrogen-bond acceptors (Lipinski definition) is 3. The zero-order chi connectivity index (χ0) is 12.1. The molecule has 1 aromatic rings. The van der Waals surface area contributed by atoms with Crippen molar-refractivity contribution in [2.45, 2.75) is 26.3 Å². The average molecular weight is 233 g/mol. The first-order valence-corrected chi connectivity index (χ1v) is 6.19. The van der Waals surface area contributed by atoms with Crippen molar-refractivity contribution < 1.29 is 4.79 Å². The summed E-state index contributed by atoms with van der Waals surface area (Å²) in [7, 11) is 0. The number of aromatic nitrogens is 1. The van der Waals surface area contributed by atoms with Crippen LogP contribution < -0.4 is 10.6 Å². The van der Waals surface area contributed by atoms with Gasteiger partial charge in [0.25, 0.3) is 0 Å². The summed E-state index contributed by atoms with van der Waals surface area (Å²) in [6.07, 6.45) is 3.35. The lowest BCUT2D eigenvalue weighted by Gasteiger charge is -2.26. The molecule has 92 valence electrons. The van der Waals surface area contributed by atoms with Gasteiger partial charge in [-0.05, 0) is 37.1 Å². The molecule has 1 saturated heterocycles. The molecule has 2 rings (SSSR count). The minimum Gasteiger partial charge on any atom is -0.350 e. The highest BCUT2D eigenvalue weighted by Gasteiger charge is 2.19. The van der Waals surface area contributed by atoms with Gasteiger partial charge >= 0.3 is 0 Å². The molecule has 0 radical (unpaired) electrons. The molecule has 0 aliphatic carbocycles. The van der Waals surface area contributed by atoms with Crippen LogP contribution in [-0.2, 0) is 17.8 Å². The van der Waals surface area contributed by atoms with E-state index in [-0.39, 0.29) is 5.91 Å². The Balaban J connectivity index is 1.81. The molecule has 17 heavy (non-hydrogen) atoms. The topological polar surface area (TPSA) is 54.0 Å². The minimum absolute atomic E-state index is 0.129. The monoisotopic (exact) mass is 233 g/mol. The third kappa shape index (κ3) is 3.27. The lowest BCUT2D eigenvalue weighted by Crippen LogP contribution is -2.44. The molecule has 2 N–H and O–H groups in total. The molecule has 1 aromatic heterocycles. The molecule has 4 nitrogen and oxygen atoms in total. The fourth-order valence-electron chi connectivity index (χ4n) is 1.96. The fourth-order valence-corrected chi connectivity index (χ4v) is 1.96. The van der Waals surface area contributed by atoms with E-state index in [1.807, 2.05) is 6.07 Å². The molecule has 1 aliphatic rings. The predicted octanol–water partition coefficient (Wildman–Crippen LogP) is 0.870. The molecule has 0 unspecified atom stereocenters. The molecule has 4 heteroatoms. The molecule has 0 saturated carbocycles. The lowest BCUT2D eigenvalue weighted by molar-refractivity contribution is -0.122. The average Bonchev–Trinajstić information content (AvgIpc) is 2.31. The first kappa shape index (κ1) is 12.0. The lowest BCUT2D eigenvalue weighted by atomic mass is 9.99. The van der Waals surface area contributed by atoms with Crippen LogP contribution in [0.4, 0.5) is 0 Å². The van der Waals surface area contributed by atoms with Crippen molar-refractivity contribution in [3.8, 4) is 0 Å². The number of amides is 1. The molecule has 0 bridgehead atoms. The Morgan fingerprint density at radius 2 is 2.41 bits per heavy atom. The zero-order valence-corrected chi connectivity index (χ0v) is 10.2. The number of carbonyl (C=O) groups is 1. The van der Waals surface area contributed by atoms with Gasteiger partial charge in [0.2, 0.25) is 5.91 Å². The Hall–Kier alpha value is -1.42. The van der Waals surface area contributed by atoms with Gasteiger partial charge in [-0.15, -0.1) is 0 Å². The maximum Gasteiger partial charge on any atom is 0.220 e. The predicted molar refractivity (Wildman–Crippen MR) is 66.4 cm³/mol. The maximum absolute atomic E-state index is 11.7. The van der Waals surface area contributed by atoms with Crippen molar-refractivity contribution in [1.82, 2.24) is 15.6 Å². The van der Waals surface area contributed by atoms with Gasteiger partial charge in [0.05, 0.1) is 12.2 Å². The van der Waals surface area contributed by atoms with Gasteiger partial charge in [-0.2, -0.15) is 0 Å². The van der Waals surface area contributed by atoms with Crippen LogP contribution in [0.2, 0.25) is 0 Å². The van der Waals surface area contributed by atoms with Crippen LogP contribution in [0.5, 0.6) is 0 Å². The van der Waals surface area contributed by atoms with Gasteiger partial charge in [-0.25, -0.2) is 0 Å². The molecule has 1 aliphatic heterocycles. The van der Waals surface area contributed by atoms with Crippen LogP contribution >= 0.6 is 0 Å². The highest BCUT2D eigenvalue weighted by Crippen LogP contribution is 2.09. The fraction of sp³-hybridized carbons (Fsp3) is 0.538. The van der Waals surface area contributed by atoms with Crippen LogP contribution in [-0.4, -0.2) is 24.0 Å². The Labute approximate surface area is 102 Å². The van der Waals surface area contributed by atoms with Crippen LogP contribution in [0.25, 0.3) is 0 Å². The number of hydrogen-bond donors (Lipinski definition) is 2. The summed E-state index contributed by atoms with van der Waals surface area (Å²) in [5.41, 5.74) is 2.19. The van der Waals surface area contributed by atoms with E-state index in [2.05, 4.69) is 28.6 Å². The number of carbonyl (C=O) groups excluding carboxylic acids is 1. The minimum atomic E-state index is 0.129. The SMILES string of the molecule is CCc1cccnc1CNC(=O)CC1CNC1. The van der Waals surface area contributed by atoms with Crippen LogP contribution in [0, 0.1) is 5.92 Å².